The number of nitrogens with zero attached hydrogens (tertiary/aromatic N) is 3. The molecule has 2 amide bonds. The molecule has 0 saturated carbocycles. The number of carbonyl (C=O) groups excluding carboxylic acids is 2. The summed E-state index contributed by atoms with van der Waals surface area (Å²) in [7, 11) is 3.41. The van der Waals surface area contributed by atoms with Crippen LogP contribution < -0.4 is 5.32 Å². The van der Waals surface area contributed by atoms with E-state index in [1.54, 1.807) is 38.4 Å². The molecule has 7 heteroatoms. The number of rotatable bonds is 4. The van der Waals surface area contributed by atoms with Crippen LogP contribution in [0.25, 0.3) is 15.9 Å². The highest BCUT2D eigenvalue weighted by molar-refractivity contribution is 7.20. The van der Waals surface area contributed by atoms with Gasteiger partial charge in [-0.05, 0) is 49.4 Å². The summed E-state index contributed by atoms with van der Waals surface area (Å²) in [6.07, 6.45) is 0. The average Bonchev–Trinajstić information content (AvgIpc) is 3.29. The SMILES string of the molecule is Cc1nn(-c2ccccc2)c2sc(C(=O)Nc3ccc(C(=O)N(C)C)cc3)cc12. The lowest BCUT2D eigenvalue weighted by molar-refractivity contribution is 0.0827. The van der Waals surface area contributed by atoms with Crippen molar-refractivity contribution in [1.82, 2.24) is 14.7 Å². The first-order valence-corrected chi connectivity index (χ1v) is 9.93. The third kappa shape index (κ3) is 3.64. The van der Waals surface area contributed by atoms with Crippen molar-refractivity contribution in [1.29, 1.82) is 0 Å². The summed E-state index contributed by atoms with van der Waals surface area (Å²) in [5, 5.41) is 8.47. The second-order valence-electron chi connectivity index (χ2n) is 6.89. The largest absolute Gasteiger partial charge is 0.345 e. The molecule has 0 saturated heterocycles. The van der Waals surface area contributed by atoms with Crippen LogP contribution in [0.3, 0.4) is 0 Å². The van der Waals surface area contributed by atoms with E-state index in [9.17, 15) is 9.59 Å². The van der Waals surface area contributed by atoms with Gasteiger partial charge in [-0.2, -0.15) is 5.10 Å². The molecular formula is C22H20N4O2S. The molecule has 0 fully saturated rings. The zero-order valence-corrected chi connectivity index (χ0v) is 17.2. The van der Waals surface area contributed by atoms with Gasteiger partial charge in [0.1, 0.15) is 4.83 Å². The standard InChI is InChI=1S/C22H20N4O2S/c1-14-18-13-19(29-22(18)26(24-14)17-7-5-4-6-8-17)20(27)23-16-11-9-15(10-12-16)21(28)25(2)3/h4-13H,1-3H3,(H,23,27). The summed E-state index contributed by atoms with van der Waals surface area (Å²) in [5.41, 5.74) is 3.06. The minimum Gasteiger partial charge on any atom is -0.345 e. The summed E-state index contributed by atoms with van der Waals surface area (Å²) in [6, 6.07) is 18.6. The Kier molecular flexibility index (Phi) is 4.90. The fraction of sp³-hybridized carbons (Fsp3) is 0.136. The molecule has 0 aliphatic rings. The molecule has 2 aromatic heterocycles. The molecule has 29 heavy (non-hydrogen) atoms. The summed E-state index contributed by atoms with van der Waals surface area (Å²) in [6.45, 7) is 1.94. The number of hydrogen-bond donors (Lipinski definition) is 1. The Balaban J connectivity index is 1.59. The normalized spacial score (nSPS) is 10.9. The number of para-hydroxylation sites is 1. The molecule has 4 rings (SSSR count). The molecule has 0 aliphatic heterocycles. The van der Waals surface area contributed by atoms with E-state index in [1.807, 2.05) is 48.0 Å². The molecule has 0 atom stereocenters. The van der Waals surface area contributed by atoms with Crippen LogP contribution in [-0.2, 0) is 0 Å². The first kappa shape index (κ1) is 18.9. The Hall–Kier alpha value is -3.45. The van der Waals surface area contributed by atoms with Crippen molar-refractivity contribution in [3.05, 3.63) is 76.8 Å². The van der Waals surface area contributed by atoms with Gasteiger partial charge in [-0.15, -0.1) is 11.3 Å². The number of hydrogen-bond acceptors (Lipinski definition) is 4. The maximum Gasteiger partial charge on any atom is 0.265 e. The van der Waals surface area contributed by atoms with Crippen molar-refractivity contribution >= 4 is 39.1 Å². The summed E-state index contributed by atoms with van der Waals surface area (Å²) in [4.78, 5) is 27.8. The maximum atomic E-state index is 12.8. The lowest BCUT2D eigenvalue weighted by atomic mass is 10.2. The van der Waals surface area contributed by atoms with E-state index in [0.29, 0.717) is 16.1 Å². The molecule has 146 valence electrons. The van der Waals surface area contributed by atoms with Gasteiger partial charge in [-0.3, -0.25) is 9.59 Å². The number of aryl methyl sites for hydroxylation is 1. The summed E-state index contributed by atoms with van der Waals surface area (Å²) >= 11 is 1.41. The van der Waals surface area contributed by atoms with Crippen molar-refractivity contribution < 1.29 is 9.59 Å². The first-order chi connectivity index (χ1) is 13.9. The van der Waals surface area contributed by atoms with Gasteiger partial charge in [-0.25, -0.2) is 4.68 Å². The highest BCUT2D eigenvalue weighted by atomic mass is 32.1. The zero-order chi connectivity index (χ0) is 20.5. The summed E-state index contributed by atoms with van der Waals surface area (Å²) < 4.78 is 1.87. The number of fused-ring (bicyclic) bond motifs is 1. The highest BCUT2D eigenvalue weighted by Gasteiger charge is 2.17. The number of anilines is 1. The molecule has 0 spiro atoms. The Morgan fingerprint density at radius 2 is 1.72 bits per heavy atom. The number of carbonyl (C=O) groups is 2. The van der Waals surface area contributed by atoms with Crippen molar-refractivity contribution in [2.75, 3.05) is 19.4 Å². The van der Waals surface area contributed by atoms with Gasteiger partial charge in [0.25, 0.3) is 11.8 Å². The minimum atomic E-state index is -0.183. The molecule has 2 aromatic carbocycles. The molecular weight excluding hydrogens is 384 g/mol. The number of thiophene rings is 1. The van der Waals surface area contributed by atoms with Gasteiger partial charge in [0, 0.05) is 30.7 Å². The van der Waals surface area contributed by atoms with Gasteiger partial charge in [-0.1, -0.05) is 18.2 Å². The molecule has 0 aliphatic carbocycles. The van der Waals surface area contributed by atoms with Crippen molar-refractivity contribution in [3.63, 3.8) is 0 Å². The van der Waals surface area contributed by atoms with E-state index in [1.165, 1.54) is 16.2 Å². The van der Waals surface area contributed by atoms with Gasteiger partial charge in [0.15, 0.2) is 0 Å². The van der Waals surface area contributed by atoms with Crippen LogP contribution in [0.5, 0.6) is 0 Å². The van der Waals surface area contributed by atoms with E-state index in [4.69, 9.17) is 0 Å². The lowest BCUT2D eigenvalue weighted by Crippen LogP contribution is -2.21. The van der Waals surface area contributed by atoms with Crippen LogP contribution in [0.4, 0.5) is 5.69 Å². The third-order valence-corrected chi connectivity index (χ3v) is 5.67. The molecule has 2 heterocycles. The van der Waals surface area contributed by atoms with Crippen LogP contribution in [0.2, 0.25) is 0 Å². The van der Waals surface area contributed by atoms with Crippen LogP contribution in [-0.4, -0.2) is 40.6 Å². The molecule has 0 radical (unpaired) electrons. The smallest absolute Gasteiger partial charge is 0.265 e. The van der Waals surface area contributed by atoms with Gasteiger partial charge in [0.05, 0.1) is 16.3 Å². The third-order valence-electron chi connectivity index (χ3n) is 4.57. The van der Waals surface area contributed by atoms with E-state index in [2.05, 4.69) is 10.4 Å². The minimum absolute atomic E-state index is 0.0756. The Morgan fingerprint density at radius 1 is 1.03 bits per heavy atom. The zero-order valence-electron chi connectivity index (χ0n) is 16.3. The number of benzene rings is 2. The van der Waals surface area contributed by atoms with Crippen molar-refractivity contribution in [2.45, 2.75) is 6.92 Å². The Morgan fingerprint density at radius 3 is 2.38 bits per heavy atom. The highest BCUT2D eigenvalue weighted by Crippen LogP contribution is 2.30. The fourth-order valence-electron chi connectivity index (χ4n) is 3.05. The van der Waals surface area contributed by atoms with Crippen LogP contribution in [0.15, 0.2) is 60.7 Å². The Labute approximate surface area is 172 Å². The van der Waals surface area contributed by atoms with Crippen molar-refractivity contribution in [3.8, 4) is 5.69 Å². The molecule has 0 bridgehead atoms. The second kappa shape index (κ2) is 7.52. The predicted octanol–water partition coefficient (Wildman–Crippen LogP) is 4.35. The van der Waals surface area contributed by atoms with Crippen molar-refractivity contribution in [2.24, 2.45) is 0 Å². The van der Waals surface area contributed by atoms with Crippen LogP contribution in [0, 0.1) is 6.92 Å². The van der Waals surface area contributed by atoms with Gasteiger partial charge in [0.2, 0.25) is 0 Å². The summed E-state index contributed by atoms with van der Waals surface area (Å²) in [5.74, 6) is -0.259. The molecule has 0 unspecified atom stereocenters. The number of aromatic nitrogens is 2. The van der Waals surface area contributed by atoms with E-state index < -0.39 is 0 Å². The predicted molar refractivity (Wildman–Crippen MR) is 116 cm³/mol. The monoisotopic (exact) mass is 404 g/mol. The van der Waals surface area contributed by atoms with Crippen LogP contribution >= 0.6 is 11.3 Å². The first-order valence-electron chi connectivity index (χ1n) is 9.11. The number of nitrogens with one attached hydrogen (secondary N) is 1. The van der Waals surface area contributed by atoms with E-state index in [0.717, 1.165) is 21.6 Å². The molecule has 6 nitrogen and oxygen atoms in total. The average molecular weight is 404 g/mol. The Bertz CT molecular complexity index is 1190. The fourth-order valence-corrected chi connectivity index (χ4v) is 4.13. The van der Waals surface area contributed by atoms with Gasteiger partial charge < -0.3 is 10.2 Å². The molecule has 1 N–H and O–H groups in total. The topological polar surface area (TPSA) is 67.2 Å². The maximum absolute atomic E-state index is 12.8. The van der Waals surface area contributed by atoms with Crippen LogP contribution in [0.1, 0.15) is 25.7 Å². The van der Waals surface area contributed by atoms with E-state index >= 15 is 0 Å². The number of amides is 2. The van der Waals surface area contributed by atoms with Gasteiger partial charge >= 0.3 is 0 Å². The lowest BCUT2D eigenvalue weighted by Gasteiger charge is -2.10. The second-order valence-corrected chi connectivity index (χ2v) is 7.92. The molecule has 4 aromatic rings. The van der Waals surface area contributed by atoms with E-state index in [-0.39, 0.29) is 11.8 Å². The quantitative estimate of drug-likeness (QED) is 0.550.